The van der Waals surface area contributed by atoms with Crippen LogP contribution in [0.2, 0.25) is 0 Å². The highest BCUT2D eigenvalue weighted by Crippen LogP contribution is 2.05. The molecule has 4 nitrogen and oxygen atoms in total. The summed E-state index contributed by atoms with van der Waals surface area (Å²) in [7, 11) is 0. The third-order valence-electron chi connectivity index (χ3n) is 2.27. The van der Waals surface area contributed by atoms with Crippen LogP contribution in [0.15, 0.2) is 36.5 Å². The van der Waals surface area contributed by atoms with Gasteiger partial charge < -0.3 is 5.21 Å². The second-order valence-corrected chi connectivity index (χ2v) is 3.44. The number of benzene rings is 1. The monoisotopic (exact) mass is 203 g/mol. The zero-order valence-electron chi connectivity index (χ0n) is 8.37. The molecule has 1 N–H and O–H groups in total. The second-order valence-electron chi connectivity index (χ2n) is 3.44. The fourth-order valence-corrected chi connectivity index (χ4v) is 1.52. The molecule has 0 bridgehead atoms. The smallest absolute Gasteiger partial charge is 0.0864 e. The largest absolute Gasteiger partial charge is 0.396 e. The molecule has 1 heterocycles. The van der Waals surface area contributed by atoms with Gasteiger partial charge in [-0.15, -0.1) is 10.2 Å². The Bertz CT molecular complexity index is 411. The topological polar surface area (TPSA) is 50.9 Å². The van der Waals surface area contributed by atoms with Crippen molar-refractivity contribution in [2.45, 2.75) is 19.3 Å². The number of rotatable bonds is 4. The molecule has 0 aliphatic carbocycles. The molecular formula is C11H13N3O. The van der Waals surface area contributed by atoms with Crippen LogP contribution in [0.4, 0.5) is 0 Å². The van der Waals surface area contributed by atoms with Crippen molar-refractivity contribution in [3.05, 3.63) is 47.8 Å². The zero-order chi connectivity index (χ0) is 10.5. The maximum Gasteiger partial charge on any atom is 0.0864 e. The molecule has 0 radical (unpaired) electrons. The molecule has 0 aliphatic rings. The van der Waals surface area contributed by atoms with Crippen molar-refractivity contribution in [2.75, 3.05) is 0 Å². The number of hydrogen-bond acceptors (Lipinski definition) is 3. The molecule has 2 aromatic rings. The van der Waals surface area contributed by atoms with E-state index in [1.165, 1.54) is 5.56 Å². The minimum absolute atomic E-state index is 0.609. The van der Waals surface area contributed by atoms with E-state index in [1.54, 1.807) is 6.20 Å². The van der Waals surface area contributed by atoms with Gasteiger partial charge in [-0.05, 0) is 29.8 Å². The number of aryl methyl sites for hydroxylation is 2. The Morgan fingerprint density at radius 3 is 2.60 bits per heavy atom. The normalized spacial score (nSPS) is 10.4. The van der Waals surface area contributed by atoms with E-state index in [9.17, 15) is 0 Å². The average Bonchev–Trinajstić information content (AvgIpc) is 2.66. The number of aromatic nitrogens is 3. The van der Waals surface area contributed by atoms with E-state index in [1.807, 2.05) is 18.2 Å². The minimum Gasteiger partial charge on any atom is -0.396 e. The molecule has 0 fully saturated rings. The van der Waals surface area contributed by atoms with E-state index in [4.69, 9.17) is 5.21 Å². The molecule has 0 spiro atoms. The molecule has 4 heteroatoms. The molecule has 0 saturated heterocycles. The van der Waals surface area contributed by atoms with E-state index >= 15 is 0 Å². The number of hydrogen-bond donors (Lipinski definition) is 1. The molecule has 1 aromatic carbocycles. The van der Waals surface area contributed by atoms with Crippen LogP contribution in [0.3, 0.4) is 0 Å². The molecule has 2 rings (SSSR count). The Balaban J connectivity index is 1.80. The molecule has 0 aliphatic heterocycles. The third kappa shape index (κ3) is 2.80. The van der Waals surface area contributed by atoms with Crippen LogP contribution in [0.25, 0.3) is 0 Å². The van der Waals surface area contributed by atoms with Gasteiger partial charge in [-0.3, -0.25) is 0 Å². The molecule has 1 aromatic heterocycles. The van der Waals surface area contributed by atoms with Crippen molar-refractivity contribution in [3.8, 4) is 0 Å². The fraction of sp³-hybridized carbons (Fsp3) is 0.273. The van der Waals surface area contributed by atoms with Crippen molar-refractivity contribution in [3.63, 3.8) is 0 Å². The Kier molecular flexibility index (Phi) is 2.97. The Morgan fingerprint density at radius 1 is 1.13 bits per heavy atom. The van der Waals surface area contributed by atoms with Gasteiger partial charge in [0.25, 0.3) is 0 Å². The molecule has 0 atom stereocenters. The van der Waals surface area contributed by atoms with Crippen molar-refractivity contribution < 1.29 is 5.21 Å². The lowest BCUT2D eigenvalue weighted by Gasteiger charge is -1.98. The van der Waals surface area contributed by atoms with Crippen molar-refractivity contribution in [1.82, 2.24) is 15.2 Å². The maximum absolute atomic E-state index is 8.86. The predicted octanol–water partition coefficient (Wildman–Crippen LogP) is 1.69. The highest BCUT2D eigenvalue weighted by atomic mass is 16.5. The molecule has 0 saturated carbocycles. The summed E-state index contributed by atoms with van der Waals surface area (Å²) < 4.78 is 0. The zero-order valence-corrected chi connectivity index (χ0v) is 8.37. The van der Waals surface area contributed by atoms with Gasteiger partial charge in [0.05, 0.1) is 11.9 Å². The first kappa shape index (κ1) is 9.71. The van der Waals surface area contributed by atoms with Crippen LogP contribution in [-0.4, -0.2) is 20.4 Å². The fourth-order valence-electron chi connectivity index (χ4n) is 1.52. The van der Waals surface area contributed by atoms with Gasteiger partial charge in [-0.25, -0.2) is 0 Å². The standard InChI is InChI=1S/C11H13N3O/c15-14-12-9-11(13-14)8-4-7-10-5-2-1-3-6-10/h1-3,5-6,9,15H,4,7-8H2. The lowest BCUT2D eigenvalue weighted by molar-refractivity contribution is 0.110. The summed E-state index contributed by atoms with van der Waals surface area (Å²) in [6.07, 6.45) is 4.47. The lowest BCUT2D eigenvalue weighted by atomic mass is 10.1. The summed E-state index contributed by atoms with van der Waals surface area (Å²) in [5, 5.41) is 16.3. The van der Waals surface area contributed by atoms with Crippen molar-refractivity contribution >= 4 is 0 Å². The van der Waals surface area contributed by atoms with Crippen LogP contribution in [0.5, 0.6) is 0 Å². The quantitative estimate of drug-likeness (QED) is 0.769. The van der Waals surface area contributed by atoms with Gasteiger partial charge in [0.15, 0.2) is 0 Å². The molecule has 78 valence electrons. The summed E-state index contributed by atoms with van der Waals surface area (Å²) in [6, 6.07) is 10.3. The highest BCUT2D eigenvalue weighted by Gasteiger charge is 1.99. The van der Waals surface area contributed by atoms with Crippen molar-refractivity contribution in [1.29, 1.82) is 0 Å². The van der Waals surface area contributed by atoms with E-state index in [0.717, 1.165) is 25.0 Å². The lowest BCUT2D eigenvalue weighted by Crippen LogP contribution is -1.96. The summed E-state index contributed by atoms with van der Waals surface area (Å²) in [5.41, 5.74) is 2.15. The summed E-state index contributed by atoms with van der Waals surface area (Å²) in [6.45, 7) is 0. The van der Waals surface area contributed by atoms with Gasteiger partial charge in [0.1, 0.15) is 0 Å². The van der Waals surface area contributed by atoms with E-state index in [0.29, 0.717) is 4.96 Å². The third-order valence-corrected chi connectivity index (χ3v) is 2.27. The van der Waals surface area contributed by atoms with E-state index in [-0.39, 0.29) is 0 Å². The Morgan fingerprint density at radius 2 is 1.93 bits per heavy atom. The van der Waals surface area contributed by atoms with Gasteiger partial charge >= 0.3 is 0 Å². The maximum atomic E-state index is 8.86. The van der Waals surface area contributed by atoms with Gasteiger partial charge in [-0.1, -0.05) is 30.3 Å². The van der Waals surface area contributed by atoms with Crippen LogP contribution in [0.1, 0.15) is 17.7 Å². The number of nitrogens with zero attached hydrogens (tertiary/aromatic N) is 3. The molecule has 15 heavy (non-hydrogen) atoms. The minimum atomic E-state index is 0.609. The first-order valence-corrected chi connectivity index (χ1v) is 4.99. The van der Waals surface area contributed by atoms with Crippen LogP contribution >= 0.6 is 0 Å². The first-order valence-electron chi connectivity index (χ1n) is 4.99. The second kappa shape index (κ2) is 4.59. The first-order chi connectivity index (χ1) is 7.34. The molecule has 0 unspecified atom stereocenters. The van der Waals surface area contributed by atoms with Crippen LogP contribution in [0, 0.1) is 0 Å². The summed E-state index contributed by atoms with van der Waals surface area (Å²) >= 11 is 0. The van der Waals surface area contributed by atoms with Gasteiger partial charge in [0, 0.05) is 0 Å². The molecular weight excluding hydrogens is 190 g/mol. The van der Waals surface area contributed by atoms with Gasteiger partial charge in [0.2, 0.25) is 0 Å². The Labute approximate surface area is 88.1 Å². The van der Waals surface area contributed by atoms with Crippen LogP contribution < -0.4 is 0 Å². The SMILES string of the molecule is On1ncc(CCCc2ccccc2)n1. The predicted molar refractivity (Wildman–Crippen MR) is 55.7 cm³/mol. The van der Waals surface area contributed by atoms with E-state index < -0.39 is 0 Å². The highest BCUT2D eigenvalue weighted by molar-refractivity contribution is 5.14. The molecule has 0 amide bonds. The van der Waals surface area contributed by atoms with E-state index in [2.05, 4.69) is 22.3 Å². The van der Waals surface area contributed by atoms with Crippen molar-refractivity contribution in [2.24, 2.45) is 0 Å². The Hall–Kier alpha value is -1.84. The summed E-state index contributed by atoms with van der Waals surface area (Å²) in [5.74, 6) is 0. The summed E-state index contributed by atoms with van der Waals surface area (Å²) in [4.78, 5) is 0.609. The van der Waals surface area contributed by atoms with Crippen LogP contribution in [-0.2, 0) is 12.8 Å². The average molecular weight is 203 g/mol. The van der Waals surface area contributed by atoms with Gasteiger partial charge in [-0.2, -0.15) is 0 Å².